The Bertz CT molecular complexity index is 1100. The normalized spacial score (nSPS) is 17.9. The Morgan fingerprint density at radius 1 is 1.00 bits per heavy atom. The molecule has 0 unspecified atom stereocenters. The molecule has 0 radical (unpaired) electrons. The maximum absolute atomic E-state index is 2.55. The Kier molecular flexibility index (Phi) is 3.95. The molecule has 2 aliphatic carbocycles. The molecule has 144 valence electrons. The molecule has 0 aliphatic heterocycles. The highest BCUT2D eigenvalue weighted by Crippen LogP contribution is 2.49. The van der Waals surface area contributed by atoms with Gasteiger partial charge in [0.05, 0.1) is 10.9 Å². The van der Waals surface area contributed by atoms with Gasteiger partial charge in [0.15, 0.2) is 5.69 Å². The van der Waals surface area contributed by atoms with Crippen LogP contribution in [0.25, 0.3) is 22.0 Å². The molecule has 2 aromatic carbocycles. The van der Waals surface area contributed by atoms with Gasteiger partial charge in [0.25, 0.3) is 0 Å². The van der Waals surface area contributed by atoms with E-state index in [1.54, 1.807) is 0 Å². The summed E-state index contributed by atoms with van der Waals surface area (Å²) in [6.07, 6.45) is 6.90. The third-order valence-corrected chi connectivity index (χ3v) is 7.55. The third-order valence-electron chi connectivity index (χ3n) is 7.55. The zero-order chi connectivity index (χ0) is 19.6. The molecular weight excluding hydrogens is 338 g/mol. The van der Waals surface area contributed by atoms with Crippen LogP contribution in [0.1, 0.15) is 67.5 Å². The van der Waals surface area contributed by atoms with Gasteiger partial charge in [0.1, 0.15) is 7.05 Å². The largest absolute Gasteiger partial charge is 0.221 e. The van der Waals surface area contributed by atoms with Crippen LogP contribution < -0.4 is 4.57 Å². The smallest absolute Gasteiger partial charge is 0.198 e. The molecule has 0 saturated heterocycles. The Morgan fingerprint density at radius 3 is 2.50 bits per heavy atom. The molecule has 1 fully saturated rings. The number of fused-ring (bicyclic) bond motifs is 2. The van der Waals surface area contributed by atoms with Crippen molar-refractivity contribution in [1.82, 2.24) is 0 Å². The van der Waals surface area contributed by atoms with Gasteiger partial charge in [-0.05, 0) is 46.9 Å². The summed E-state index contributed by atoms with van der Waals surface area (Å²) in [4.78, 5) is 0. The topological polar surface area (TPSA) is 3.88 Å². The lowest BCUT2D eigenvalue weighted by Gasteiger charge is -2.35. The van der Waals surface area contributed by atoms with E-state index in [9.17, 15) is 0 Å². The van der Waals surface area contributed by atoms with Crippen LogP contribution in [0.2, 0.25) is 0 Å². The van der Waals surface area contributed by atoms with Crippen LogP contribution in [-0.2, 0) is 18.9 Å². The summed E-state index contributed by atoms with van der Waals surface area (Å²) in [5.74, 6) is 0.881. The minimum atomic E-state index is 0.0283. The highest BCUT2D eigenvalue weighted by molar-refractivity contribution is 6.01. The highest BCUT2D eigenvalue weighted by Gasteiger charge is 2.39. The highest BCUT2D eigenvalue weighted by atomic mass is 14.9. The molecule has 1 heteroatoms. The molecule has 1 saturated carbocycles. The van der Waals surface area contributed by atoms with Crippen molar-refractivity contribution in [2.24, 2.45) is 13.0 Å². The predicted molar refractivity (Wildman–Crippen MR) is 118 cm³/mol. The van der Waals surface area contributed by atoms with Crippen molar-refractivity contribution in [2.75, 3.05) is 0 Å². The summed E-state index contributed by atoms with van der Waals surface area (Å²) in [7, 11) is 2.23. The van der Waals surface area contributed by atoms with Gasteiger partial charge in [-0.2, -0.15) is 4.57 Å². The summed E-state index contributed by atoms with van der Waals surface area (Å²) < 4.78 is 2.41. The first kappa shape index (κ1) is 17.9. The predicted octanol–water partition coefficient (Wildman–Crippen LogP) is 6.32. The number of hydrogen-bond donors (Lipinski definition) is 0. The number of rotatable bonds is 2. The van der Waals surface area contributed by atoms with Gasteiger partial charge in [0.2, 0.25) is 5.69 Å². The lowest BCUT2D eigenvalue weighted by molar-refractivity contribution is -0.665. The van der Waals surface area contributed by atoms with Crippen LogP contribution in [0.5, 0.6) is 0 Å². The van der Waals surface area contributed by atoms with Gasteiger partial charge >= 0.3 is 0 Å². The van der Waals surface area contributed by atoms with Gasteiger partial charge < -0.3 is 0 Å². The summed E-state index contributed by atoms with van der Waals surface area (Å²) in [5, 5.41) is 2.90. The van der Waals surface area contributed by atoms with E-state index >= 15 is 0 Å². The van der Waals surface area contributed by atoms with Crippen molar-refractivity contribution >= 4 is 10.8 Å². The molecular formula is C27H32N+. The van der Waals surface area contributed by atoms with E-state index in [-0.39, 0.29) is 5.41 Å². The number of aromatic nitrogens is 1. The average Bonchev–Trinajstić information content (AvgIpc) is 3.15. The molecule has 5 rings (SSSR count). The summed E-state index contributed by atoms with van der Waals surface area (Å²) in [6, 6.07) is 14.3. The molecule has 3 aromatic rings. The van der Waals surface area contributed by atoms with Crippen LogP contribution >= 0.6 is 0 Å². The van der Waals surface area contributed by atoms with Crippen LogP contribution in [-0.4, -0.2) is 0 Å². The van der Waals surface area contributed by atoms with Crippen molar-refractivity contribution in [3.05, 3.63) is 64.3 Å². The molecule has 2 aliphatic rings. The SMILES string of the molecule is Cc1cccc2c1-c1c3c(cc(CC4CCCC4)cc3cc(C)[n+]1C)C2(C)C. The van der Waals surface area contributed by atoms with Gasteiger partial charge in [-0.15, -0.1) is 0 Å². The monoisotopic (exact) mass is 370 g/mol. The molecule has 0 atom stereocenters. The standard InChI is InChI=1S/C27H32N/c1-17-9-8-12-22-24(17)26-25-21(13-18(2)28(26)5)15-20(14-19-10-6-7-11-19)16-23(25)27(22,3)4/h8-9,12-13,15-16,19H,6-7,10-11,14H2,1-5H3/q+1. The second-order valence-corrected chi connectivity index (χ2v) is 9.78. The van der Waals surface area contributed by atoms with E-state index in [2.05, 4.69) is 75.7 Å². The molecule has 1 heterocycles. The van der Waals surface area contributed by atoms with E-state index < -0.39 is 0 Å². The number of benzene rings is 2. The first-order valence-corrected chi connectivity index (χ1v) is 10.9. The third kappa shape index (κ3) is 2.48. The van der Waals surface area contributed by atoms with Crippen LogP contribution in [0.4, 0.5) is 0 Å². The fourth-order valence-corrected chi connectivity index (χ4v) is 5.87. The molecule has 28 heavy (non-hydrogen) atoms. The Morgan fingerprint density at radius 2 is 1.75 bits per heavy atom. The van der Waals surface area contributed by atoms with E-state index in [0.717, 1.165) is 5.92 Å². The van der Waals surface area contributed by atoms with Crippen molar-refractivity contribution in [3.63, 3.8) is 0 Å². The van der Waals surface area contributed by atoms with E-state index in [1.165, 1.54) is 82.1 Å². The van der Waals surface area contributed by atoms with Gasteiger partial charge in [-0.3, -0.25) is 0 Å². The maximum atomic E-state index is 2.55. The zero-order valence-electron chi connectivity index (χ0n) is 18.0. The average molecular weight is 371 g/mol. The zero-order valence-corrected chi connectivity index (χ0v) is 18.0. The summed E-state index contributed by atoms with van der Waals surface area (Å²) >= 11 is 0. The number of hydrogen-bond acceptors (Lipinski definition) is 0. The molecule has 1 aromatic heterocycles. The van der Waals surface area contributed by atoms with Crippen molar-refractivity contribution in [1.29, 1.82) is 0 Å². The first-order chi connectivity index (χ1) is 13.4. The summed E-state index contributed by atoms with van der Waals surface area (Å²) in [5.41, 5.74) is 10.1. The van der Waals surface area contributed by atoms with Crippen molar-refractivity contribution in [3.8, 4) is 11.3 Å². The Hall–Kier alpha value is -2.15. The van der Waals surface area contributed by atoms with Gasteiger partial charge in [0, 0.05) is 18.4 Å². The number of nitrogens with zero attached hydrogens (tertiary/aromatic N) is 1. The number of aryl methyl sites for hydroxylation is 2. The Balaban J connectivity index is 1.85. The minimum Gasteiger partial charge on any atom is -0.198 e. The molecule has 0 bridgehead atoms. The fraction of sp³-hybridized carbons (Fsp3) is 0.444. The second-order valence-electron chi connectivity index (χ2n) is 9.78. The lowest BCUT2D eigenvalue weighted by atomic mass is 9.68. The van der Waals surface area contributed by atoms with Crippen LogP contribution in [0.3, 0.4) is 0 Å². The van der Waals surface area contributed by atoms with Crippen LogP contribution in [0.15, 0.2) is 36.4 Å². The van der Waals surface area contributed by atoms with Gasteiger partial charge in [-0.25, -0.2) is 0 Å². The lowest BCUT2D eigenvalue weighted by Crippen LogP contribution is -2.38. The molecule has 0 amide bonds. The van der Waals surface area contributed by atoms with E-state index in [0.29, 0.717) is 0 Å². The molecule has 0 N–H and O–H groups in total. The van der Waals surface area contributed by atoms with E-state index in [4.69, 9.17) is 0 Å². The summed E-state index contributed by atoms with van der Waals surface area (Å²) in [6.45, 7) is 9.35. The molecule has 1 nitrogen and oxygen atoms in total. The number of pyridine rings is 1. The van der Waals surface area contributed by atoms with E-state index in [1.807, 2.05) is 0 Å². The van der Waals surface area contributed by atoms with Gasteiger partial charge in [-0.1, -0.05) is 69.9 Å². The minimum absolute atomic E-state index is 0.0283. The van der Waals surface area contributed by atoms with Crippen molar-refractivity contribution in [2.45, 2.75) is 65.2 Å². The van der Waals surface area contributed by atoms with Crippen LogP contribution in [0, 0.1) is 19.8 Å². The fourth-order valence-electron chi connectivity index (χ4n) is 5.87. The maximum Gasteiger partial charge on any atom is 0.221 e. The van der Waals surface area contributed by atoms with Crippen molar-refractivity contribution < 1.29 is 4.57 Å². The Labute approximate surface area is 169 Å². The second kappa shape index (κ2) is 6.17. The quantitative estimate of drug-likeness (QED) is 0.465. The first-order valence-electron chi connectivity index (χ1n) is 10.9. The molecule has 0 spiro atoms.